The second kappa shape index (κ2) is 10.4. The SMILES string of the molecule is CC(C)CCC[C@H](C)CCOc1[c-]sc(Br)c1.[Li+]. The molecule has 4 heteroatoms. The molecule has 0 unspecified atom stereocenters. The molecule has 1 atom stereocenters. The maximum absolute atomic E-state index is 5.65. The van der Waals surface area contributed by atoms with Crippen LogP contribution in [0.2, 0.25) is 0 Å². The Morgan fingerprint density at radius 1 is 1.28 bits per heavy atom. The van der Waals surface area contributed by atoms with Gasteiger partial charge in [0.15, 0.2) is 0 Å². The number of halogens is 1. The summed E-state index contributed by atoms with van der Waals surface area (Å²) in [5.41, 5.74) is 0. The molecule has 98 valence electrons. The summed E-state index contributed by atoms with van der Waals surface area (Å²) in [6.45, 7) is 7.70. The Bertz CT molecular complexity index is 314. The predicted molar refractivity (Wildman–Crippen MR) is 78.8 cm³/mol. The minimum atomic E-state index is 0. The Morgan fingerprint density at radius 3 is 2.56 bits per heavy atom. The first kappa shape index (κ1) is 18.6. The van der Waals surface area contributed by atoms with E-state index in [1.807, 2.05) is 6.07 Å². The Balaban J connectivity index is 0.00000289. The van der Waals surface area contributed by atoms with Gasteiger partial charge in [0, 0.05) is 5.75 Å². The van der Waals surface area contributed by atoms with Gasteiger partial charge in [0.25, 0.3) is 0 Å². The van der Waals surface area contributed by atoms with Gasteiger partial charge in [-0.3, -0.25) is 11.3 Å². The molecule has 18 heavy (non-hydrogen) atoms. The molecule has 1 heterocycles. The third kappa shape index (κ3) is 8.64. The van der Waals surface area contributed by atoms with E-state index in [1.165, 1.54) is 19.3 Å². The Morgan fingerprint density at radius 2 is 2.00 bits per heavy atom. The first-order valence-electron chi connectivity index (χ1n) is 6.37. The topological polar surface area (TPSA) is 9.23 Å². The normalized spacial score (nSPS) is 12.3. The fourth-order valence-corrected chi connectivity index (χ4v) is 2.65. The molecular formula is C14H22BrLiOS. The first-order valence-corrected chi connectivity index (χ1v) is 7.98. The minimum Gasteiger partial charge on any atom is -0.520 e. The zero-order valence-electron chi connectivity index (χ0n) is 12.0. The Kier molecular flexibility index (Phi) is 10.7. The van der Waals surface area contributed by atoms with E-state index in [0.29, 0.717) is 0 Å². The van der Waals surface area contributed by atoms with Crippen LogP contribution in [0.1, 0.15) is 46.5 Å². The average Bonchev–Trinajstić information content (AvgIpc) is 2.63. The van der Waals surface area contributed by atoms with Crippen molar-refractivity contribution in [2.24, 2.45) is 11.8 Å². The molecule has 0 aromatic carbocycles. The van der Waals surface area contributed by atoms with Crippen LogP contribution in [0.4, 0.5) is 0 Å². The zero-order chi connectivity index (χ0) is 12.7. The molecule has 1 nitrogen and oxygen atoms in total. The van der Waals surface area contributed by atoms with E-state index >= 15 is 0 Å². The second-order valence-corrected chi connectivity index (χ2v) is 7.31. The van der Waals surface area contributed by atoms with Gasteiger partial charge >= 0.3 is 18.9 Å². The van der Waals surface area contributed by atoms with E-state index in [1.54, 1.807) is 11.3 Å². The van der Waals surface area contributed by atoms with Crippen LogP contribution >= 0.6 is 27.3 Å². The van der Waals surface area contributed by atoms with Gasteiger partial charge in [-0.25, -0.2) is 0 Å². The van der Waals surface area contributed by atoms with Gasteiger partial charge in [-0.05, 0) is 18.3 Å². The summed E-state index contributed by atoms with van der Waals surface area (Å²) in [6.07, 6.45) is 5.14. The summed E-state index contributed by atoms with van der Waals surface area (Å²) < 4.78 is 6.73. The standard InChI is InChI=1S/C14H22BrOS.Li/c1-11(2)5-4-6-12(3)7-8-16-13-9-14(15)17-10-13;/h9,11-12H,4-8H2,1-3H3;/q-1;+1/t12-;/m0./s1. The quantitative estimate of drug-likeness (QED) is 0.527. The van der Waals surface area contributed by atoms with Crippen LogP contribution in [0.3, 0.4) is 0 Å². The summed E-state index contributed by atoms with van der Waals surface area (Å²) in [5, 5.41) is 3.11. The van der Waals surface area contributed by atoms with E-state index in [4.69, 9.17) is 4.74 Å². The van der Waals surface area contributed by atoms with E-state index in [-0.39, 0.29) is 18.9 Å². The third-order valence-electron chi connectivity index (χ3n) is 2.84. The smallest absolute Gasteiger partial charge is 0.520 e. The van der Waals surface area contributed by atoms with Crippen molar-refractivity contribution in [1.29, 1.82) is 0 Å². The van der Waals surface area contributed by atoms with Crippen molar-refractivity contribution in [3.63, 3.8) is 0 Å². The largest absolute Gasteiger partial charge is 1.00 e. The van der Waals surface area contributed by atoms with Crippen LogP contribution in [0.5, 0.6) is 5.75 Å². The molecule has 0 radical (unpaired) electrons. The van der Waals surface area contributed by atoms with Crippen molar-refractivity contribution in [3.8, 4) is 5.75 Å². The third-order valence-corrected chi connectivity index (χ3v) is 4.17. The molecule has 0 aliphatic rings. The zero-order valence-corrected chi connectivity index (χ0v) is 14.4. The van der Waals surface area contributed by atoms with Crippen molar-refractivity contribution >= 4 is 27.3 Å². The molecular weight excluding hydrogens is 303 g/mol. The monoisotopic (exact) mass is 324 g/mol. The van der Waals surface area contributed by atoms with Crippen LogP contribution < -0.4 is 23.6 Å². The van der Waals surface area contributed by atoms with Crippen molar-refractivity contribution in [2.75, 3.05) is 6.61 Å². The van der Waals surface area contributed by atoms with E-state index < -0.39 is 0 Å². The Hall–Kier alpha value is 0.577. The predicted octanol–water partition coefficient (Wildman–Crippen LogP) is 2.55. The van der Waals surface area contributed by atoms with Gasteiger partial charge < -0.3 is 4.74 Å². The van der Waals surface area contributed by atoms with Crippen LogP contribution in [0.25, 0.3) is 0 Å². The van der Waals surface area contributed by atoms with Crippen molar-refractivity contribution < 1.29 is 23.6 Å². The molecule has 0 aliphatic heterocycles. The fraction of sp³-hybridized carbons (Fsp3) is 0.714. The summed E-state index contributed by atoms with van der Waals surface area (Å²) >= 11 is 4.95. The van der Waals surface area contributed by atoms with Gasteiger partial charge in [-0.1, -0.05) is 49.2 Å². The molecule has 0 bridgehead atoms. The molecule has 0 N–H and O–H groups in total. The van der Waals surface area contributed by atoms with Gasteiger partial charge in [0.05, 0.1) is 6.61 Å². The van der Waals surface area contributed by atoms with E-state index in [2.05, 4.69) is 42.1 Å². The summed E-state index contributed by atoms with van der Waals surface area (Å²) in [7, 11) is 0. The van der Waals surface area contributed by atoms with Crippen molar-refractivity contribution in [3.05, 3.63) is 15.2 Å². The molecule has 0 saturated carbocycles. The second-order valence-electron chi connectivity index (χ2n) is 5.08. The minimum absolute atomic E-state index is 0. The summed E-state index contributed by atoms with van der Waals surface area (Å²) in [6, 6.07) is 1.98. The molecule has 1 aromatic rings. The first-order chi connectivity index (χ1) is 8.08. The molecule has 0 amide bonds. The van der Waals surface area contributed by atoms with Crippen LogP contribution in [0, 0.1) is 17.2 Å². The summed E-state index contributed by atoms with van der Waals surface area (Å²) in [4.78, 5) is 0. The van der Waals surface area contributed by atoms with Crippen LogP contribution in [-0.4, -0.2) is 6.61 Å². The summed E-state index contributed by atoms with van der Waals surface area (Å²) in [5.74, 6) is 2.46. The number of thiophene rings is 1. The van der Waals surface area contributed by atoms with Gasteiger partial charge in [0.1, 0.15) is 0 Å². The van der Waals surface area contributed by atoms with Crippen LogP contribution in [-0.2, 0) is 0 Å². The van der Waals surface area contributed by atoms with Crippen LogP contribution in [0.15, 0.2) is 9.85 Å². The van der Waals surface area contributed by atoms with Crippen molar-refractivity contribution in [1.82, 2.24) is 0 Å². The molecule has 0 spiro atoms. The maximum Gasteiger partial charge on any atom is 1.00 e. The molecule has 1 aromatic heterocycles. The molecule has 0 aliphatic carbocycles. The molecule has 0 fully saturated rings. The number of hydrogen-bond donors (Lipinski definition) is 0. The Labute approximate surface area is 136 Å². The van der Waals surface area contributed by atoms with Gasteiger partial charge in [-0.2, -0.15) is 0 Å². The fourth-order valence-electron chi connectivity index (χ4n) is 1.72. The van der Waals surface area contributed by atoms with E-state index in [0.717, 1.165) is 34.4 Å². The number of hydrogen-bond acceptors (Lipinski definition) is 2. The van der Waals surface area contributed by atoms with Gasteiger partial charge in [-0.15, -0.1) is 22.0 Å². The number of ether oxygens (including phenoxy) is 1. The maximum atomic E-state index is 5.65. The molecule has 1 rings (SSSR count). The van der Waals surface area contributed by atoms with E-state index in [9.17, 15) is 0 Å². The number of rotatable bonds is 8. The molecule has 0 saturated heterocycles. The van der Waals surface area contributed by atoms with Crippen molar-refractivity contribution in [2.45, 2.75) is 46.5 Å². The van der Waals surface area contributed by atoms with Gasteiger partial charge in [0.2, 0.25) is 0 Å². The average molecular weight is 325 g/mol.